The summed E-state index contributed by atoms with van der Waals surface area (Å²) < 4.78 is 20.0. The fraction of sp³-hybridized carbons (Fsp3) is 0.296. The van der Waals surface area contributed by atoms with E-state index in [0.717, 1.165) is 28.9 Å². The first-order chi connectivity index (χ1) is 16.5. The van der Waals surface area contributed by atoms with E-state index in [1.54, 1.807) is 13.0 Å². The van der Waals surface area contributed by atoms with Crippen LogP contribution in [0.15, 0.2) is 60.7 Å². The number of esters is 1. The van der Waals surface area contributed by atoms with Crippen LogP contribution in [0.4, 0.5) is 10.1 Å². The van der Waals surface area contributed by atoms with E-state index in [2.05, 4.69) is 35.3 Å². The molecule has 1 fully saturated rings. The van der Waals surface area contributed by atoms with E-state index in [9.17, 15) is 4.79 Å². The molecule has 0 radical (unpaired) electrons. The maximum atomic E-state index is 15.1. The van der Waals surface area contributed by atoms with Crippen LogP contribution < -0.4 is 4.90 Å². The van der Waals surface area contributed by atoms with Gasteiger partial charge in [0.15, 0.2) is 0 Å². The largest absolute Gasteiger partial charge is 0.466 e. The fourth-order valence-corrected chi connectivity index (χ4v) is 5.27. The number of benzene rings is 2. The predicted molar refractivity (Wildman–Crippen MR) is 134 cm³/mol. The summed E-state index contributed by atoms with van der Waals surface area (Å²) in [5.41, 5.74) is 4.27. The molecule has 34 heavy (non-hydrogen) atoms. The quantitative estimate of drug-likeness (QED) is 0.294. The zero-order valence-electron chi connectivity index (χ0n) is 19.3. The van der Waals surface area contributed by atoms with Gasteiger partial charge >= 0.3 is 5.97 Å². The average Bonchev–Trinajstić information content (AvgIpc) is 3.56. The maximum Gasteiger partial charge on any atom is 0.307 e. The van der Waals surface area contributed by atoms with Crippen LogP contribution in [0.25, 0.3) is 20.9 Å². The molecule has 1 aliphatic rings. The van der Waals surface area contributed by atoms with Gasteiger partial charge in [0.25, 0.3) is 0 Å². The van der Waals surface area contributed by atoms with Crippen LogP contribution in [-0.4, -0.2) is 36.1 Å². The van der Waals surface area contributed by atoms with Gasteiger partial charge in [-0.05, 0) is 55.7 Å². The number of carbonyl (C=O) groups is 1. The van der Waals surface area contributed by atoms with Crippen molar-refractivity contribution in [2.24, 2.45) is 0 Å². The van der Waals surface area contributed by atoms with E-state index < -0.39 is 0 Å². The summed E-state index contributed by atoms with van der Waals surface area (Å²) in [6, 6.07) is 19.6. The number of pyridine rings is 1. The van der Waals surface area contributed by atoms with Gasteiger partial charge in [-0.1, -0.05) is 41.7 Å². The van der Waals surface area contributed by atoms with Gasteiger partial charge < -0.3 is 9.64 Å². The van der Waals surface area contributed by atoms with Crippen molar-refractivity contribution in [1.82, 2.24) is 9.97 Å². The van der Waals surface area contributed by atoms with Crippen molar-refractivity contribution in [3.8, 4) is 10.6 Å². The van der Waals surface area contributed by atoms with Crippen molar-refractivity contribution in [2.45, 2.75) is 31.6 Å². The Kier molecular flexibility index (Phi) is 6.04. The Bertz CT molecular complexity index is 1330. The number of thiazole rings is 1. The van der Waals surface area contributed by atoms with E-state index >= 15 is 4.39 Å². The third kappa shape index (κ3) is 4.28. The molecule has 1 aliphatic carbocycles. The summed E-state index contributed by atoms with van der Waals surface area (Å²) in [6.45, 7) is 2.59. The Morgan fingerprint density at radius 3 is 2.62 bits per heavy atom. The summed E-state index contributed by atoms with van der Waals surface area (Å²) in [5.74, 6) is -0.601. The van der Waals surface area contributed by atoms with Crippen molar-refractivity contribution in [3.05, 3.63) is 77.7 Å². The second-order valence-corrected chi connectivity index (χ2v) is 9.61. The molecule has 2 aromatic carbocycles. The number of ether oxygens (including phenoxy) is 1. The lowest BCUT2D eigenvalue weighted by molar-refractivity contribution is -0.142. The van der Waals surface area contributed by atoms with Crippen LogP contribution in [0.3, 0.4) is 0 Å². The van der Waals surface area contributed by atoms with Crippen molar-refractivity contribution in [3.63, 3.8) is 0 Å². The Morgan fingerprint density at radius 1 is 1.12 bits per heavy atom. The Labute approximate surface area is 202 Å². The van der Waals surface area contributed by atoms with Crippen LogP contribution in [0, 0.1) is 5.82 Å². The van der Waals surface area contributed by atoms with Gasteiger partial charge in [-0.3, -0.25) is 4.79 Å². The van der Waals surface area contributed by atoms with Crippen LogP contribution in [0.1, 0.15) is 37.4 Å². The topological polar surface area (TPSA) is 55.3 Å². The summed E-state index contributed by atoms with van der Waals surface area (Å²) in [5, 5.41) is 0.613. The van der Waals surface area contributed by atoms with Crippen LogP contribution >= 0.6 is 11.3 Å². The Balaban J connectivity index is 1.38. The molecule has 2 heterocycles. The van der Waals surface area contributed by atoms with Crippen molar-refractivity contribution < 1.29 is 13.9 Å². The lowest BCUT2D eigenvalue weighted by Crippen LogP contribution is -2.22. The molecule has 174 valence electrons. The number of rotatable bonds is 8. The molecule has 1 saturated carbocycles. The minimum absolute atomic E-state index is 0.0133. The molecule has 5 nitrogen and oxygen atoms in total. The number of fused-ring (bicyclic) bond motifs is 1. The Morgan fingerprint density at radius 2 is 1.91 bits per heavy atom. The van der Waals surface area contributed by atoms with E-state index in [0.29, 0.717) is 29.4 Å². The third-order valence-corrected chi connectivity index (χ3v) is 7.40. The molecular weight excluding hydrogens is 449 g/mol. The monoisotopic (exact) mass is 475 g/mol. The normalized spacial score (nSPS) is 14.2. The molecule has 0 spiro atoms. The minimum atomic E-state index is -0.345. The molecule has 0 saturated heterocycles. The number of halogens is 1. The molecule has 4 aromatic rings. The van der Waals surface area contributed by atoms with Gasteiger partial charge in [-0.15, -0.1) is 0 Å². The van der Waals surface area contributed by atoms with Crippen molar-refractivity contribution in [2.75, 3.05) is 25.1 Å². The second kappa shape index (κ2) is 9.14. The second-order valence-electron chi connectivity index (χ2n) is 8.63. The van der Waals surface area contributed by atoms with E-state index in [4.69, 9.17) is 9.72 Å². The van der Waals surface area contributed by atoms with Gasteiger partial charge in [0.2, 0.25) is 0 Å². The average molecular weight is 476 g/mol. The zero-order chi connectivity index (χ0) is 23.7. The lowest BCUT2D eigenvalue weighted by Gasteiger charge is -2.19. The highest BCUT2D eigenvalue weighted by Crippen LogP contribution is 2.53. The van der Waals surface area contributed by atoms with Crippen LogP contribution in [0.2, 0.25) is 0 Å². The number of hydrogen-bond donors (Lipinski definition) is 0. The molecule has 7 heteroatoms. The number of nitrogens with zero attached hydrogens (tertiary/aromatic N) is 3. The number of carbonyl (C=O) groups excluding carboxylic acids is 1. The predicted octanol–water partition coefficient (Wildman–Crippen LogP) is 5.97. The standard InChI is InChI=1S/C27H26FN3O2S/c1-3-33-24(32)13-16-31(2)19-9-10-20(21(28)17-19)25-29-22-11-12-23(30-26(22)34-25)27(14-15-27)18-7-5-4-6-8-18/h4-12,17H,3,13-16H2,1-2H3. The van der Waals surface area contributed by atoms with Crippen LogP contribution in [0.5, 0.6) is 0 Å². The first-order valence-electron chi connectivity index (χ1n) is 11.5. The first-order valence-corrected chi connectivity index (χ1v) is 12.3. The van der Waals surface area contributed by atoms with E-state index in [1.165, 1.54) is 23.0 Å². The highest BCUT2D eigenvalue weighted by Gasteiger charge is 2.47. The maximum absolute atomic E-state index is 15.1. The zero-order valence-corrected chi connectivity index (χ0v) is 20.1. The number of hydrogen-bond acceptors (Lipinski definition) is 6. The summed E-state index contributed by atoms with van der Waals surface area (Å²) in [4.78, 5) is 23.9. The molecule has 0 unspecified atom stereocenters. The molecule has 2 aromatic heterocycles. The van der Waals surface area contributed by atoms with E-state index in [-0.39, 0.29) is 23.6 Å². The molecular formula is C27H26FN3O2S. The van der Waals surface area contributed by atoms with Crippen molar-refractivity contribution >= 4 is 33.3 Å². The van der Waals surface area contributed by atoms with Crippen molar-refractivity contribution in [1.29, 1.82) is 0 Å². The highest BCUT2D eigenvalue weighted by atomic mass is 32.1. The fourth-order valence-electron chi connectivity index (χ4n) is 4.31. The highest BCUT2D eigenvalue weighted by molar-refractivity contribution is 7.21. The van der Waals surface area contributed by atoms with Crippen LogP contribution in [-0.2, 0) is 14.9 Å². The minimum Gasteiger partial charge on any atom is -0.466 e. The van der Waals surface area contributed by atoms with Gasteiger partial charge in [0.1, 0.15) is 21.2 Å². The molecule has 0 atom stereocenters. The van der Waals surface area contributed by atoms with Gasteiger partial charge in [-0.2, -0.15) is 0 Å². The Hall–Kier alpha value is -3.32. The van der Waals surface area contributed by atoms with E-state index in [1.807, 2.05) is 30.1 Å². The molecule has 0 aliphatic heterocycles. The van der Waals surface area contributed by atoms with Gasteiger partial charge in [-0.25, -0.2) is 14.4 Å². The lowest BCUT2D eigenvalue weighted by atomic mass is 9.92. The third-order valence-electron chi connectivity index (χ3n) is 6.40. The van der Waals surface area contributed by atoms with Gasteiger partial charge in [0, 0.05) is 30.3 Å². The first kappa shape index (κ1) is 22.5. The number of anilines is 1. The van der Waals surface area contributed by atoms with Gasteiger partial charge in [0.05, 0.1) is 18.7 Å². The SMILES string of the molecule is CCOC(=O)CCN(C)c1ccc(-c2nc3ccc(C4(c5ccccc5)CC4)nc3s2)c(F)c1. The molecule has 0 bridgehead atoms. The number of aromatic nitrogens is 2. The molecule has 0 amide bonds. The molecule has 0 N–H and O–H groups in total. The smallest absolute Gasteiger partial charge is 0.307 e. The summed E-state index contributed by atoms with van der Waals surface area (Å²) in [6.07, 6.45) is 2.42. The summed E-state index contributed by atoms with van der Waals surface area (Å²) in [7, 11) is 1.83. The molecule has 5 rings (SSSR count). The summed E-state index contributed by atoms with van der Waals surface area (Å²) >= 11 is 1.41.